The molecular weight excluding hydrogens is 317 g/mol. The van der Waals surface area contributed by atoms with Crippen molar-refractivity contribution in [1.82, 2.24) is 9.78 Å². The van der Waals surface area contributed by atoms with E-state index in [0.29, 0.717) is 22.4 Å². The highest BCUT2D eigenvalue weighted by Crippen LogP contribution is 2.43. The number of rotatable bonds is 2. The number of fused-ring (bicyclic) bond motifs is 1. The van der Waals surface area contributed by atoms with Crippen molar-refractivity contribution in [2.75, 3.05) is 5.32 Å². The van der Waals surface area contributed by atoms with Crippen molar-refractivity contribution < 1.29 is 9.18 Å². The van der Waals surface area contributed by atoms with Gasteiger partial charge in [-0.2, -0.15) is 5.10 Å². The number of anilines is 1. The van der Waals surface area contributed by atoms with Crippen molar-refractivity contribution in [3.05, 3.63) is 46.4 Å². The van der Waals surface area contributed by atoms with E-state index in [0.717, 1.165) is 18.4 Å². The Balaban J connectivity index is 1.81. The summed E-state index contributed by atoms with van der Waals surface area (Å²) in [7, 11) is 0. The van der Waals surface area contributed by atoms with E-state index in [2.05, 4.69) is 10.4 Å². The van der Waals surface area contributed by atoms with Gasteiger partial charge in [-0.25, -0.2) is 9.07 Å². The van der Waals surface area contributed by atoms with E-state index >= 15 is 0 Å². The number of nitrogens with one attached hydrogen (secondary N) is 1. The molecular formula is C17H17ClFN3O. The molecule has 1 amide bonds. The molecule has 120 valence electrons. The fourth-order valence-corrected chi connectivity index (χ4v) is 4.06. The molecule has 1 aromatic heterocycles. The molecule has 1 aliphatic carbocycles. The van der Waals surface area contributed by atoms with Crippen LogP contribution in [-0.4, -0.2) is 15.7 Å². The van der Waals surface area contributed by atoms with Gasteiger partial charge in [-0.15, -0.1) is 0 Å². The molecule has 0 bridgehead atoms. The summed E-state index contributed by atoms with van der Waals surface area (Å²) in [5.41, 5.74) is 1.24. The molecule has 2 aromatic rings. The maximum absolute atomic E-state index is 14.3. The summed E-state index contributed by atoms with van der Waals surface area (Å²) in [6.45, 7) is 0. The van der Waals surface area contributed by atoms with Gasteiger partial charge in [0.1, 0.15) is 11.6 Å². The first kappa shape index (κ1) is 14.7. The third-order valence-corrected chi connectivity index (χ3v) is 5.19. The van der Waals surface area contributed by atoms with Crippen LogP contribution in [0.25, 0.3) is 0 Å². The number of carbonyl (C=O) groups is 1. The van der Waals surface area contributed by atoms with Gasteiger partial charge in [0.15, 0.2) is 0 Å². The number of nitrogens with zero attached hydrogens (tertiary/aromatic N) is 2. The van der Waals surface area contributed by atoms with Gasteiger partial charge in [-0.1, -0.05) is 30.5 Å². The number of hydrogen-bond acceptors (Lipinski definition) is 2. The highest BCUT2D eigenvalue weighted by molar-refractivity contribution is 6.31. The Morgan fingerprint density at radius 3 is 2.83 bits per heavy atom. The molecule has 1 aromatic carbocycles. The van der Waals surface area contributed by atoms with Crippen LogP contribution in [0.5, 0.6) is 0 Å². The fraction of sp³-hybridized carbons (Fsp3) is 0.412. The Morgan fingerprint density at radius 1 is 1.30 bits per heavy atom. The van der Waals surface area contributed by atoms with Crippen molar-refractivity contribution in [2.24, 2.45) is 0 Å². The first-order chi connectivity index (χ1) is 11.1. The quantitative estimate of drug-likeness (QED) is 0.892. The number of aromatic nitrogens is 2. The van der Waals surface area contributed by atoms with Gasteiger partial charge in [0.2, 0.25) is 5.91 Å². The van der Waals surface area contributed by atoms with Gasteiger partial charge >= 0.3 is 0 Å². The number of halogens is 2. The molecule has 0 unspecified atom stereocenters. The van der Waals surface area contributed by atoms with Crippen molar-refractivity contribution in [3.8, 4) is 0 Å². The lowest BCUT2D eigenvalue weighted by Crippen LogP contribution is -2.26. The predicted octanol–water partition coefficient (Wildman–Crippen LogP) is 4.26. The minimum Gasteiger partial charge on any atom is -0.311 e. The summed E-state index contributed by atoms with van der Waals surface area (Å²) in [6, 6.07) is 4.93. The second-order valence-corrected chi connectivity index (χ2v) is 6.68. The zero-order chi connectivity index (χ0) is 16.0. The summed E-state index contributed by atoms with van der Waals surface area (Å²) < 4.78 is 16.2. The van der Waals surface area contributed by atoms with Crippen LogP contribution in [0.15, 0.2) is 24.4 Å². The van der Waals surface area contributed by atoms with Crippen molar-refractivity contribution in [3.63, 3.8) is 0 Å². The van der Waals surface area contributed by atoms with Crippen LogP contribution in [0.1, 0.15) is 55.2 Å². The van der Waals surface area contributed by atoms with Gasteiger partial charge in [-0.05, 0) is 25.0 Å². The largest absolute Gasteiger partial charge is 0.311 e. The third kappa shape index (κ3) is 2.43. The molecule has 0 saturated heterocycles. The molecule has 2 heterocycles. The number of amides is 1. The average molecular weight is 334 g/mol. The fourth-order valence-electron chi connectivity index (χ4n) is 3.77. The monoisotopic (exact) mass is 333 g/mol. The van der Waals surface area contributed by atoms with Gasteiger partial charge < -0.3 is 5.32 Å². The van der Waals surface area contributed by atoms with Crippen LogP contribution in [0.3, 0.4) is 0 Å². The van der Waals surface area contributed by atoms with Crippen LogP contribution in [-0.2, 0) is 4.79 Å². The average Bonchev–Trinajstić information content (AvgIpc) is 3.15. The third-order valence-electron chi connectivity index (χ3n) is 4.87. The SMILES string of the molecule is O=C1C[C@H](c2c(F)cccc2Cl)c2cnn(C3CCCC3)c2N1. The van der Waals surface area contributed by atoms with Gasteiger partial charge in [0.05, 0.1) is 12.2 Å². The highest BCUT2D eigenvalue weighted by Gasteiger charge is 2.34. The van der Waals surface area contributed by atoms with Crippen molar-refractivity contribution in [2.45, 2.75) is 44.1 Å². The van der Waals surface area contributed by atoms with Crippen LogP contribution in [0.4, 0.5) is 10.2 Å². The van der Waals surface area contributed by atoms with Gasteiger partial charge in [0.25, 0.3) is 0 Å². The van der Waals surface area contributed by atoms with Crippen LogP contribution < -0.4 is 5.32 Å². The molecule has 0 radical (unpaired) electrons. The molecule has 1 saturated carbocycles. The summed E-state index contributed by atoms with van der Waals surface area (Å²) in [5, 5.41) is 7.76. The standard InChI is InChI=1S/C17H17ClFN3O/c18-13-6-3-7-14(19)16(13)11-8-15(23)21-17-12(11)9-20-22(17)10-4-1-2-5-10/h3,6-7,9-11H,1-2,4-5,8H2,(H,21,23)/t11-/m0/s1. The highest BCUT2D eigenvalue weighted by atomic mass is 35.5. The molecule has 0 spiro atoms. The first-order valence-corrected chi connectivity index (χ1v) is 8.34. The maximum atomic E-state index is 14.3. The Labute approximate surface area is 138 Å². The zero-order valence-corrected chi connectivity index (χ0v) is 13.3. The van der Waals surface area contributed by atoms with Crippen molar-refractivity contribution >= 4 is 23.3 Å². The van der Waals surface area contributed by atoms with Gasteiger partial charge in [-0.3, -0.25) is 4.79 Å². The molecule has 23 heavy (non-hydrogen) atoms. The minimum atomic E-state index is -0.386. The number of benzene rings is 1. The Kier molecular flexibility index (Phi) is 3.60. The van der Waals surface area contributed by atoms with Crippen LogP contribution >= 0.6 is 11.6 Å². The predicted molar refractivity (Wildman–Crippen MR) is 86.2 cm³/mol. The first-order valence-electron chi connectivity index (χ1n) is 7.96. The zero-order valence-electron chi connectivity index (χ0n) is 12.6. The second kappa shape index (κ2) is 5.64. The lowest BCUT2D eigenvalue weighted by Gasteiger charge is -2.26. The van der Waals surface area contributed by atoms with E-state index in [1.165, 1.54) is 18.9 Å². The van der Waals surface area contributed by atoms with E-state index < -0.39 is 0 Å². The summed E-state index contributed by atoms with van der Waals surface area (Å²) in [4.78, 5) is 12.2. The molecule has 4 rings (SSSR count). The second-order valence-electron chi connectivity index (χ2n) is 6.27. The summed E-state index contributed by atoms with van der Waals surface area (Å²) in [5.74, 6) is -0.182. The molecule has 1 fully saturated rings. The molecule has 6 heteroatoms. The normalized spacial score (nSPS) is 21.3. The summed E-state index contributed by atoms with van der Waals surface area (Å²) >= 11 is 6.21. The van der Waals surface area contributed by atoms with Crippen molar-refractivity contribution in [1.29, 1.82) is 0 Å². The molecule has 1 atom stereocenters. The smallest absolute Gasteiger partial charge is 0.226 e. The Morgan fingerprint density at radius 2 is 2.09 bits per heavy atom. The van der Waals surface area contributed by atoms with E-state index in [1.807, 2.05) is 4.68 Å². The number of carbonyl (C=O) groups excluding carboxylic acids is 1. The van der Waals surface area contributed by atoms with Crippen LogP contribution in [0, 0.1) is 5.82 Å². The minimum absolute atomic E-state index is 0.124. The Bertz CT molecular complexity index is 747. The topological polar surface area (TPSA) is 46.9 Å². The molecule has 4 nitrogen and oxygen atoms in total. The lowest BCUT2D eigenvalue weighted by molar-refractivity contribution is -0.116. The van der Waals surface area contributed by atoms with Gasteiger partial charge in [0, 0.05) is 28.5 Å². The maximum Gasteiger partial charge on any atom is 0.226 e. The van der Waals surface area contributed by atoms with E-state index in [-0.39, 0.29) is 24.1 Å². The van der Waals surface area contributed by atoms with E-state index in [4.69, 9.17) is 11.6 Å². The Hall–Kier alpha value is -1.88. The molecule has 1 N–H and O–H groups in total. The summed E-state index contributed by atoms with van der Waals surface area (Å²) in [6.07, 6.45) is 6.42. The molecule has 2 aliphatic rings. The molecule has 1 aliphatic heterocycles. The van der Waals surface area contributed by atoms with Crippen LogP contribution in [0.2, 0.25) is 5.02 Å². The lowest BCUT2D eigenvalue weighted by atomic mass is 9.87. The van der Waals surface area contributed by atoms with E-state index in [1.54, 1.807) is 18.3 Å². The number of hydrogen-bond donors (Lipinski definition) is 1. The van der Waals surface area contributed by atoms with E-state index in [9.17, 15) is 9.18 Å².